The van der Waals surface area contributed by atoms with E-state index in [1.807, 2.05) is 31.2 Å². The summed E-state index contributed by atoms with van der Waals surface area (Å²) in [5.41, 5.74) is 2.85. The maximum atomic E-state index is 8.37. The zero-order valence-electron chi connectivity index (χ0n) is 6.99. The van der Waals surface area contributed by atoms with Crippen LogP contribution in [0.25, 0.3) is 5.57 Å². The van der Waals surface area contributed by atoms with Crippen molar-refractivity contribution < 1.29 is 5.21 Å². The molecule has 0 aliphatic rings. The number of rotatable bonds is 2. The van der Waals surface area contributed by atoms with Crippen LogP contribution in [0.3, 0.4) is 0 Å². The van der Waals surface area contributed by atoms with E-state index in [1.165, 1.54) is 6.21 Å². The van der Waals surface area contributed by atoms with Gasteiger partial charge in [-0.1, -0.05) is 41.6 Å². The number of oxime groups is 1. The maximum Gasteiger partial charge on any atom is 0.0739 e. The molecule has 0 fully saturated rings. The Morgan fingerprint density at radius 2 is 2.17 bits per heavy atom. The molecule has 0 spiro atoms. The smallest absolute Gasteiger partial charge is 0.0739 e. The molecular weight excluding hydrogens is 150 g/mol. The minimum absolute atomic E-state index is 0.882. The predicted molar refractivity (Wildman–Crippen MR) is 50.5 cm³/mol. The lowest BCUT2D eigenvalue weighted by molar-refractivity contribution is 0.322. The Hall–Kier alpha value is -1.57. The molecule has 1 rings (SSSR count). The third-order valence-electron chi connectivity index (χ3n) is 1.62. The van der Waals surface area contributed by atoms with Crippen LogP contribution in [0, 0.1) is 0 Å². The van der Waals surface area contributed by atoms with Crippen LogP contribution < -0.4 is 0 Å². The van der Waals surface area contributed by atoms with E-state index < -0.39 is 0 Å². The van der Waals surface area contributed by atoms with Gasteiger partial charge in [0.1, 0.15) is 0 Å². The third-order valence-corrected chi connectivity index (χ3v) is 1.62. The van der Waals surface area contributed by atoms with Gasteiger partial charge in [-0.25, -0.2) is 0 Å². The predicted octanol–water partition coefficient (Wildman–Crippen LogP) is 2.53. The standard InChI is InChI=1S/C10H11NO/c1-8(2)10-6-4-3-5-9(10)7-11-12/h3-7,12H,1H2,2H3/b11-7+. The van der Waals surface area contributed by atoms with Crippen LogP contribution in [0.2, 0.25) is 0 Å². The SMILES string of the molecule is C=C(C)c1ccccc1/C=N/O. The second kappa shape index (κ2) is 3.72. The van der Waals surface area contributed by atoms with Crippen molar-refractivity contribution in [2.75, 3.05) is 0 Å². The van der Waals surface area contributed by atoms with E-state index in [9.17, 15) is 0 Å². The van der Waals surface area contributed by atoms with Crippen LogP contribution in [-0.4, -0.2) is 11.4 Å². The van der Waals surface area contributed by atoms with Crippen LogP contribution in [0.4, 0.5) is 0 Å². The van der Waals surface area contributed by atoms with Gasteiger partial charge in [0.2, 0.25) is 0 Å². The Morgan fingerprint density at radius 1 is 1.50 bits per heavy atom. The average molecular weight is 161 g/mol. The van der Waals surface area contributed by atoms with Crippen molar-refractivity contribution in [3.05, 3.63) is 42.0 Å². The summed E-state index contributed by atoms with van der Waals surface area (Å²) in [4.78, 5) is 0. The molecule has 62 valence electrons. The number of allylic oxidation sites excluding steroid dienone is 1. The summed E-state index contributed by atoms with van der Waals surface area (Å²) in [6.45, 7) is 5.75. The monoisotopic (exact) mass is 161 g/mol. The summed E-state index contributed by atoms with van der Waals surface area (Å²) in [5.74, 6) is 0. The van der Waals surface area contributed by atoms with E-state index in [0.717, 1.165) is 16.7 Å². The lowest BCUT2D eigenvalue weighted by atomic mass is 10.0. The van der Waals surface area contributed by atoms with Crippen molar-refractivity contribution in [3.8, 4) is 0 Å². The number of benzene rings is 1. The van der Waals surface area contributed by atoms with E-state index in [1.54, 1.807) is 0 Å². The van der Waals surface area contributed by atoms with Crippen molar-refractivity contribution in [3.63, 3.8) is 0 Å². The van der Waals surface area contributed by atoms with Gasteiger partial charge in [-0.15, -0.1) is 0 Å². The van der Waals surface area contributed by atoms with Crippen LogP contribution in [-0.2, 0) is 0 Å². The van der Waals surface area contributed by atoms with Crippen LogP contribution in [0.15, 0.2) is 36.0 Å². The highest BCUT2D eigenvalue weighted by Crippen LogP contribution is 2.14. The zero-order chi connectivity index (χ0) is 8.97. The molecule has 2 nitrogen and oxygen atoms in total. The molecule has 2 heteroatoms. The fourth-order valence-corrected chi connectivity index (χ4v) is 1.06. The summed E-state index contributed by atoms with van der Waals surface area (Å²) in [5, 5.41) is 11.3. The Bertz CT molecular complexity index is 315. The first-order valence-electron chi connectivity index (χ1n) is 3.68. The fourth-order valence-electron chi connectivity index (χ4n) is 1.06. The Labute approximate surface area is 71.8 Å². The van der Waals surface area contributed by atoms with Crippen molar-refractivity contribution in [1.29, 1.82) is 0 Å². The molecule has 0 aliphatic carbocycles. The van der Waals surface area contributed by atoms with Crippen molar-refractivity contribution >= 4 is 11.8 Å². The highest BCUT2D eigenvalue weighted by molar-refractivity contribution is 5.87. The van der Waals surface area contributed by atoms with Gasteiger partial charge in [-0.05, 0) is 12.5 Å². The van der Waals surface area contributed by atoms with Gasteiger partial charge in [0.15, 0.2) is 0 Å². The average Bonchev–Trinajstić information content (AvgIpc) is 2.05. The van der Waals surface area contributed by atoms with Crippen LogP contribution in [0.5, 0.6) is 0 Å². The number of nitrogens with zero attached hydrogens (tertiary/aromatic N) is 1. The lowest BCUT2D eigenvalue weighted by Crippen LogP contribution is -1.88. The molecule has 0 atom stereocenters. The quantitative estimate of drug-likeness (QED) is 0.403. The van der Waals surface area contributed by atoms with Gasteiger partial charge in [0, 0.05) is 5.56 Å². The topological polar surface area (TPSA) is 32.6 Å². The molecule has 1 aromatic carbocycles. The van der Waals surface area contributed by atoms with Crippen molar-refractivity contribution in [2.24, 2.45) is 5.16 Å². The molecule has 1 aromatic rings. The first-order chi connectivity index (χ1) is 5.75. The lowest BCUT2D eigenvalue weighted by Gasteiger charge is -2.02. The van der Waals surface area contributed by atoms with E-state index in [4.69, 9.17) is 5.21 Å². The van der Waals surface area contributed by atoms with E-state index in [2.05, 4.69) is 11.7 Å². The molecule has 1 N–H and O–H groups in total. The maximum absolute atomic E-state index is 8.37. The second-order valence-corrected chi connectivity index (χ2v) is 2.61. The third kappa shape index (κ3) is 1.72. The molecule has 0 heterocycles. The Kier molecular flexibility index (Phi) is 2.64. The number of hydrogen-bond acceptors (Lipinski definition) is 2. The van der Waals surface area contributed by atoms with Crippen LogP contribution >= 0.6 is 0 Å². The molecule has 0 unspecified atom stereocenters. The molecule has 12 heavy (non-hydrogen) atoms. The molecular formula is C10H11NO. The minimum Gasteiger partial charge on any atom is -0.411 e. The van der Waals surface area contributed by atoms with Gasteiger partial charge in [-0.3, -0.25) is 0 Å². The minimum atomic E-state index is 0.882. The van der Waals surface area contributed by atoms with Gasteiger partial charge >= 0.3 is 0 Å². The zero-order valence-corrected chi connectivity index (χ0v) is 6.99. The van der Waals surface area contributed by atoms with Gasteiger partial charge in [0.05, 0.1) is 6.21 Å². The summed E-state index contributed by atoms with van der Waals surface area (Å²) >= 11 is 0. The van der Waals surface area contributed by atoms with Crippen molar-refractivity contribution in [2.45, 2.75) is 6.92 Å². The van der Waals surface area contributed by atoms with Gasteiger partial charge < -0.3 is 5.21 Å². The molecule has 0 saturated carbocycles. The van der Waals surface area contributed by atoms with Gasteiger partial charge in [-0.2, -0.15) is 0 Å². The van der Waals surface area contributed by atoms with E-state index >= 15 is 0 Å². The second-order valence-electron chi connectivity index (χ2n) is 2.61. The first-order valence-corrected chi connectivity index (χ1v) is 3.68. The first kappa shape index (κ1) is 8.53. The Morgan fingerprint density at radius 3 is 2.75 bits per heavy atom. The van der Waals surface area contributed by atoms with Crippen LogP contribution in [0.1, 0.15) is 18.1 Å². The van der Waals surface area contributed by atoms with E-state index in [-0.39, 0.29) is 0 Å². The summed E-state index contributed by atoms with van der Waals surface area (Å²) < 4.78 is 0. The highest BCUT2D eigenvalue weighted by atomic mass is 16.4. The van der Waals surface area contributed by atoms with Crippen molar-refractivity contribution in [1.82, 2.24) is 0 Å². The van der Waals surface area contributed by atoms with E-state index in [0.29, 0.717) is 0 Å². The largest absolute Gasteiger partial charge is 0.411 e. The summed E-state index contributed by atoms with van der Waals surface area (Å²) in [6.07, 6.45) is 1.41. The summed E-state index contributed by atoms with van der Waals surface area (Å²) in [7, 11) is 0. The summed E-state index contributed by atoms with van der Waals surface area (Å²) in [6, 6.07) is 7.64. The normalized spacial score (nSPS) is 10.4. The Balaban J connectivity index is 3.17. The van der Waals surface area contributed by atoms with Gasteiger partial charge in [0.25, 0.3) is 0 Å². The fraction of sp³-hybridized carbons (Fsp3) is 0.100. The number of hydrogen-bond donors (Lipinski definition) is 1. The molecule has 0 aromatic heterocycles. The molecule has 0 radical (unpaired) electrons. The molecule has 0 bridgehead atoms. The molecule has 0 aliphatic heterocycles. The highest BCUT2D eigenvalue weighted by Gasteiger charge is 1.98. The molecule has 0 amide bonds. The molecule has 0 saturated heterocycles.